The van der Waals surface area contributed by atoms with Crippen molar-refractivity contribution >= 4 is 46.6 Å². The first-order valence-electron chi connectivity index (χ1n) is 11.5. The van der Waals surface area contributed by atoms with Gasteiger partial charge in [-0.05, 0) is 48.8 Å². The van der Waals surface area contributed by atoms with Crippen LogP contribution in [-0.4, -0.2) is 58.2 Å². The molecule has 8 atom stereocenters. The first-order valence-corrected chi connectivity index (χ1v) is 13.1. The van der Waals surface area contributed by atoms with Crippen LogP contribution in [-0.2, 0) is 14.4 Å². The van der Waals surface area contributed by atoms with Gasteiger partial charge in [-0.3, -0.25) is 19.3 Å². The maximum Gasteiger partial charge on any atom is 0.326 e. The van der Waals surface area contributed by atoms with Crippen LogP contribution in [0.4, 0.5) is 5.69 Å². The van der Waals surface area contributed by atoms with E-state index in [-0.39, 0.29) is 45.6 Å². The minimum absolute atomic E-state index is 0.00690. The lowest BCUT2D eigenvalue weighted by Gasteiger charge is -2.43. The van der Waals surface area contributed by atoms with Crippen LogP contribution in [0.1, 0.15) is 29.7 Å². The molecule has 2 N–H and O–H groups in total. The van der Waals surface area contributed by atoms with Crippen molar-refractivity contribution in [1.29, 1.82) is 0 Å². The van der Waals surface area contributed by atoms with Gasteiger partial charge in [0.2, 0.25) is 11.8 Å². The number of imide groups is 1. The summed E-state index contributed by atoms with van der Waals surface area (Å²) < 4.78 is 0. The number of nitrogens with zero attached hydrogens (tertiary/aromatic N) is 2. The maximum atomic E-state index is 13.4. The van der Waals surface area contributed by atoms with Crippen molar-refractivity contribution in [3.63, 3.8) is 0 Å². The number of carbonyl (C=O) groups is 3. The number of carboxylic acids is 1. The molecule has 6 rings (SSSR count). The molecule has 0 unspecified atom stereocenters. The van der Waals surface area contributed by atoms with Gasteiger partial charge in [-0.2, -0.15) is 0 Å². The molecule has 2 bridgehead atoms. The summed E-state index contributed by atoms with van der Waals surface area (Å²) in [6.07, 6.45) is 0.788. The third-order valence-corrected chi connectivity index (χ3v) is 10.9. The number of rotatable bonds is 4. The summed E-state index contributed by atoms with van der Waals surface area (Å²) in [7, 11) is 3.97. The van der Waals surface area contributed by atoms with Crippen molar-refractivity contribution in [2.45, 2.75) is 35.6 Å². The highest BCUT2D eigenvalue weighted by atomic mass is 32.2. The number of aliphatic carboxylic acids is 1. The summed E-state index contributed by atoms with van der Waals surface area (Å²) in [4.78, 5) is 57.6. The number of thioether (sulfide) groups is 1. The fourth-order valence-corrected chi connectivity index (χ4v) is 9.77. The Kier molecular flexibility index (Phi) is 4.80. The Balaban J connectivity index is 1.43. The van der Waals surface area contributed by atoms with E-state index in [0.29, 0.717) is 0 Å². The van der Waals surface area contributed by atoms with Gasteiger partial charge < -0.3 is 15.0 Å². The van der Waals surface area contributed by atoms with Crippen molar-refractivity contribution in [3.05, 3.63) is 44.4 Å². The lowest BCUT2D eigenvalue weighted by molar-refractivity contribution is -0.154. The zero-order valence-electron chi connectivity index (χ0n) is 18.9. The number of carbonyl (C=O) groups excluding carboxylic acids is 2. The van der Waals surface area contributed by atoms with Crippen LogP contribution in [0.15, 0.2) is 34.1 Å². The quantitative estimate of drug-likeness (QED) is 0.622. The van der Waals surface area contributed by atoms with Gasteiger partial charge in [0.05, 0.1) is 16.9 Å². The molecule has 1 aromatic carbocycles. The Morgan fingerprint density at radius 1 is 1.12 bits per heavy atom. The predicted octanol–water partition coefficient (Wildman–Crippen LogP) is 2.45. The highest BCUT2D eigenvalue weighted by Gasteiger charge is 2.70. The zero-order valence-corrected chi connectivity index (χ0v) is 20.6. The molecule has 2 aliphatic heterocycles. The molecule has 3 heterocycles. The fourth-order valence-electron chi connectivity index (χ4n) is 6.89. The van der Waals surface area contributed by atoms with Gasteiger partial charge in [0.25, 0.3) is 0 Å². The maximum absolute atomic E-state index is 13.4. The van der Waals surface area contributed by atoms with E-state index >= 15 is 0 Å². The highest BCUT2D eigenvalue weighted by molar-refractivity contribution is 8.00. The summed E-state index contributed by atoms with van der Waals surface area (Å²) in [5, 5.41) is 10.4. The summed E-state index contributed by atoms with van der Waals surface area (Å²) in [5.41, 5.74) is 2.19. The summed E-state index contributed by atoms with van der Waals surface area (Å²) >= 11 is 2.87. The normalized spacial score (nSPS) is 34.1. The van der Waals surface area contributed by atoms with E-state index in [1.54, 1.807) is 11.8 Å². The van der Waals surface area contributed by atoms with Crippen LogP contribution in [0, 0.1) is 29.6 Å². The number of benzene rings is 1. The zero-order chi connectivity index (χ0) is 24.0. The molecule has 2 amide bonds. The van der Waals surface area contributed by atoms with E-state index in [0.717, 1.165) is 32.5 Å². The Hall–Kier alpha value is -2.59. The molecular weight excluding hydrogens is 474 g/mol. The van der Waals surface area contributed by atoms with E-state index in [2.05, 4.69) is 29.2 Å². The standard InChI is InChI=1S/C24H25N3O5S2/c1-9(23(30)31)27-21(28)16-12-8-13(17(16)22(27)29)18-15(12)14(19-20(33-18)25-24(32)34-19)10-4-6-11(7-5-10)26(2)3/h4-7,9,12-18H,8H2,1-3H3,(H,25,32)(H,30,31)/t9-,12-,13+,14-,15+,16-,17+,18-/m1/s1. The monoisotopic (exact) mass is 499 g/mol. The molecule has 1 saturated heterocycles. The average molecular weight is 500 g/mol. The minimum Gasteiger partial charge on any atom is -0.480 e. The van der Waals surface area contributed by atoms with E-state index < -0.39 is 23.8 Å². The highest BCUT2D eigenvalue weighted by Crippen LogP contribution is 2.68. The Labute approximate surface area is 204 Å². The van der Waals surface area contributed by atoms with Gasteiger partial charge in [-0.1, -0.05) is 23.5 Å². The second-order valence-electron chi connectivity index (χ2n) is 10.0. The predicted molar refractivity (Wildman–Crippen MR) is 128 cm³/mol. The Morgan fingerprint density at radius 3 is 2.38 bits per heavy atom. The van der Waals surface area contributed by atoms with E-state index in [9.17, 15) is 24.3 Å². The number of H-pyrrole nitrogens is 1. The van der Waals surface area contributed by atoms with Crippen molar-refractivity contribution < 1.29 is 19.5 Å². The summed E-state index contributed by atoms with van der Waals surface area (Å²) in [6, 6.07) is 7.18. The molecule has 3 fully saturated rings. The second kappa shape index (κ2) is 7.45. The third kappa shape index (κ3) is 2.84. The van der Waals surface area contributed by atoms with Crippen molar-refractivity contribution in [1.82, 2.24) is 9.88 Å². The molecule has 2 aromatic rings. The number of hydrogen-bond acceptors (Lipinski definition) is 7. The fraction of sp³-hybridized carbons (Fsp3) is 0.500. The van der Waals surface area contributed by atoms with Crippen molar-refractivity contribution in [2.24, 2.45) is 29.6 Å². The topological polar surface area (TPSA) is 111 Å². The number of carboxylic acid groups (broad SMARTS) is 1. The number of fused-ring (bicyclic) bond motifs is 9. The SMILES string of the molecule is C[C@H](C(=O)O)N1C(=O)[C@@H]2[C@@H]3C[C@H]([C@H]4Sc5[nH]c(=O)sc5[C@H](c5ccc(N(C)C)cc5)[C@H]34)[C@@H]2C1=O. The van der Waals surface area contributed by atoms with Crippen LogP contribution < -0.4 is 9.77 Å². The molecule has 34 heavy (non-hydrogen) atoms. The number of hydrogen-bond donors (Lipinski definition) is 2. The van der Waals surface area contributed by atoms with E-state index in [1.807, 2.05) is 19.0 Å². The Morgan fingerprint density at radius 2 is 1.76 bits per heavy atom. The lowest BCUT2D eigenvalue weighted by atomic mass is 9.68. The van der Waals surface area contributed by atoms with Crippen LogP contribution in [0.3, 0.4) is 0 Å². The number of aromatic amines is 1. The molecule has 2 aliphatic carbocycles. The average Bonchev–Trinajstić information content (AvgIpc) is 3.52. The van der Waals surface area contributed by atoms with Crippen molar-refractivity contribution in [3.8, 4) is 0 Å². The minimum atomic E-state index is -1.17. The number of likely N-dealkylation sites (tertiary alicyclic amines) is 1. The summed E-state index contributed by atoms with van der Waals surface area (Å²) in [5.74, 6) is -2.73. The van der Waals surface area contributed by atoms with Gasteiger partial charge in [0.1, 0.15) is 6.04 Å². The smallest absolute Gasteiger partial charge is 0.326 e. The molecule has 0 radical (unpaired) electrons. The van der Waals surface area contributed by atoms with Gasteiger partial charge in [0, 0.05) is 35.8 Å². The molecule has 1 aromatic heterocycles. The van der Waals surface area contributed by atoms with Crippen LogP contribution in [0.5, 0.6) is 0 Å². The molecule has 178 valence electrons. The van der Waals surface area contributed by atoms with Crippen molar-refractivity contribution in [2.75, 3.05) is 19.0 Å². The number of nitrogens with one attached hydrogen (secondary N) is 1. The number of amides is 2. The van der Waals surface area contributed by atoms with E-state index in [1.165, 1.54) is 18.3 Å². The van der Waals surface area contributed by atoms with E-state index in [4.69, 9.17) is 0 Å². The number of aromatic nitrogens is 1. The first-order chi connectivity index (χ1) is 16.2. The van der Waals surface area contributed by atoms with Crippen LogP contribution >= 0.6 is 23.1 Å². The second-order valence-corrected chi connectivity index (χ2v) is 12.2. The van der Waals surface area contributed by atoms with Gasteiger partial charge in [0.15, 0.2) is 0 Å². The van der Waals surface area contributed by atoms with Gasteiger partial charge in [-0.15, -0.1) is 11.8 Å². The van der Waals surface area contributed by atoms with Crippen LogP contribution in [0.2, 0.25) is 0 Å². The molecule has 4 aliphatic rings. The largest absolute Gasteiger partial charge is 0.480 e. The molecule has 8 nitrogen and oxygen atoms in total. The van der Waals surface area contributed by atoms with Gasteiger partial charge >= 0.3 is 10.8 Å². The number of thiazole rings is 1. The van der Waals surface area contributed by atoms with Crippen LogP contribution in [0.25, 0.3) is 0 Å². The molecule has 2 saturated carbocycles. The number of anilines is 1. The first kappa shape index (κ1) is 21.9. The van der Waals surface area contributed by atoms with Gasteiger partial charge in [-0.25, -0.2) is 4.79 Å². The Bertz CT molecular complexity index is 1270. The lowest BCUT2D eigenvalue weighted by Crippen LogP contribution is -2.44. The third-order valence-electron chi connectivity index (χ3n) is 8.27. The molecule has 10 heteroatoms. The molecule has 0 spiro atoms. The molecular formula is C24H25N3O5S2. The summed E-state index contributed by atoms with van der Waals surface area (Å²) in [6.45, 7) is 1.40.